The molecular weight excluding hydrogens is 244 g/mol. The van der Waals surface area contributed by atoms with E-state index in [4.69, 9.17) is 15.2 Å². The molecule has 0 radical (unpaired) electrons. The van der Waals surface area contributed by atoms with Crippen LogP contribution >= 0.6 is 0 Å². The molecule has 5 nitrogen and oxygen atoms in total. The summed E-state index contributed by atoms with van der Waals surface area (Å²) in [5, 5.41) is 2.78. The van der Waals surface area contributed by atoms with Crippen molar-refractivity contribution in [3.05, 3.63) is 23.8 Å². The largest absolute Gasteiger partial charge is 0.399 e. The van der Waals surface area contributed by atoms with E-state index < -0.39 is 0 Å². The van der Waals surface area contributed by atoms with Gasteiger partial charge in [-0.15, -0.1) is 0 Å². The van der Waals surface area contributed by atoms with Gasteiger partial charge in [0.15, 0.2) is 0 Å². The predicted octanol–water partition coefficient (Wildman–Crippen LogP) is 1.96. The summed E-state index contributed by atoms with van der Waals surface area (Å²) in [6.45, 7) is 6.72. The van der Waals surface area contributed by atoms with Gasteiger partial charge < -0.3 is 20.5 Å². The van der Waals surface area contributed by atoms with Crippen LogP contribution in [-0.4, -0.2) is 31.8 Å². The molecule has 0 aliphatic carbocycles. The smallest absolute Gasteiger partial charge is 0.250 e. The standard InChI is InChI=1S/C14H22N2O3/c1-10(2)19-7-6-18-9-14(17)16-13-5-4-12(15)8-11(13)3/h4-5,8,10H,6-7,9,15H2,1-3H3,(H,16,17). The van der Waals surface area contributed by atoms with E-state index in [9.17, 15) is 4.79 Å². The van der Waals surface area contributed by atoms with Gasteiger partial charge in [-0.3, -0.25) is 4.79 Å². The molecule has 5 heteroatoms. The van der Waals surface area contributed by atoms with Crippen molar-refractivity contribution < 1.29 is 14.3 Å². The third kappa shape index (κ3) is 6.22. The maximum absolute atomic E-state index is 11.6. The van der Waals surface area contributed by atoms with E-state index in [2.05, 4.69) is 5.32 Å². The lowest BCUT2D eigenvalue weighted by Crippen LogP contribution is -2.20. The van der Waals surface area contributed by atoms with E-state index in [0.717, 1.165) is 11.3 Å². The fourth-order valence-electron chi connectivity index (χ4n) is 1.52. The maximum atomic E-state index is 11.6. The second-order valence-corrected chi connectivity index (χ2v) is 4.59. The van der Waals surface area contributed by atoms with Gasteiger partial charge in [0.05, 0.1) is 19.3 Å². The Bertz CT molecular complexity index is 419. The Kier molecular flexibility index (Phi) is 6.32. The Morgan fingerprint density at radius 2 is 2.11 bits per heavy atom. The van der Waals surface area contributed by atoms with Crippen LogP contribution in [0.5, 0.6) is 0 Å². The van der Waals surface area contributed by atoms with Gasteiger partial charge >= 0.3 is 0 Å². The Morgan fingerprint density at radius 3 is 2.74 bits per heavy atom. The summed E-state index contributed by atoms with van der Waals surface area (Å²) < 4.78 is 10.5. The Labute approximate surface area is 114 Å². The minimum absolute atomic E-state index is 0.0191. The number of benzene rings is 1. The van der Waals surface area contributed by atoms with Gasteiger partial charge in [0, 0.05) is 11.4 Å². The fraction of sp³-hybridized carbons (Fsp3) is 0.500. The molecule has 106 valence electrons. The first-order valence-corrected chi connectivity index (χ1v) is 6.34. The molecule has 0 aliphatic heterocycles. The zero-order chi connectivity index (χ0) is 14.3. The van der Waals surface area contributed by atoms with Gasteiger partial charge in [0.25, 0.3) is 0 Å². The van der Waals surface area contributed by atoms with E-state index >= 15 is 0 Å². The zero-order valence-corrected chi connectivity index (χ0v) is 11.7. The first kappa shape index (κ1) is 15.5. The third-order valence-electron chi connectivity index (χ3n) is 2.44. The summed E-state index contributed by atoms with van der Waals surface area (Å²) in [4.78, 5) is 11.6. The first-order valence-electron chi connectivity index (χ1n) is 6.34. The van der Waals surface area contributed by atoms with Crippen LogP contribution in [0.1, 0.15) is 19.4 Å². The second-order valence-electron chi connectivity index (χ2n) is 4.59. The van der Waals surface area contributed by atoms with Crippen LogP contribution < -0.4 is 11.1 Å². The van der Waals surface area contributed by atoms with Crippen molar-refractivity contribution in [3.8, 4) is 0 Å². The van der Waals surface area contributed by atoms with E-state index in [0.29, 0.717) is 18.9 Å². The lowest BCUT2D eigenvalue weighted by atomic mass is 10.2. The van der Waals surface area contributed by atoms with Crippen LogP contribution in [0.25, 0.3) is 0 Å². The number of hydrogen-bond donors (Lipinski definition) is 2. The molecular formula is C14H22N2O3. The average Bonchev–Trinajstić information content (AvgIpc) is 2.32. The van der Waals surface area contributed by atoms with Crippen LogP contribution in [0.2, 0.25) is 0 Å². The molecule has 0 saturated heterocycles. The molecule has 1 rings (SSSR count). The molecule has 1 aromatic carbocycles. The van der Waals surface area contributed by atoms with Crippen LogP contribution in [0.3, 0.4) is 0 Å². The number of rotatable bonds is 7. The monoisotopic (exact) mass is 266 g/mol. The lowest BCUT2D eigenvalue weighted by Gasteiger charge is -2.10. The van der Waals surface area contributed by atoms with Gasteiger partial charge in [-0.05, 0) is 44.5 Å². The van der Waals surface area contributed by atoms with E-state index in [-0.39, 0.29) is 18.6 Å². The van der Waals surface area contributed by atoms with Crippen molar-refractivity contribution in [2.45, 2.75) is 26.9 Å². The number of aryl methyl sites for hydroxylation is 1. The molecule has 0 aliphatic rings. The highest BCUT2D eigenvalue weighted by molar-refractivity contribution is 5.92. The molecule has 0 heterocycles. The number of ether oxygens (including phenoxy) is 2. The van der Waals surface area contributed by atoms with Crippen LogP contribution in [0.4, 0.5) is 11.4 Å². The number of carbonyl (C=O) groups excluding carboxylic acids is 1. The summed E-state index contributed by atoms with van der Waals surface area (Å²) in [5.74, 6) is -0.183. The molecule has 0 spiro atoms. The summed E-state index contributed by atoms with van der Waals surface area (Å²) in [6, 6.07) is 5.34. The number of hydrogen-bond acceptors (Lipinski definition) is 4. The number of nitrogens with one attached hydrogen (secondary N) is 1. The van der Waals surface area contributed by atoms with Gasteiger partial charge in [-0.25, -0.2) is 0 Å². The molecule has 3 N–H and O–H groups in total. The topological polar surface area (TPSA) is 73.6 Å². The van der Waals surface area contributed by atoms with Gasteiger partial charge in [0.2, 0.25) is 5.91 Å². The van der Waals surface area contributed by atoms with Crippen LogP contribution in [-0.2, 0) is 14.3 Å². The Balaban J connectivity index is 2.27. The minimum Gasteiger partial charge on any atom is -0.399 e. The maximum Gasteiger partial charge on any atom is 0.250 e. The molecule has 1 amide bonds. The molecule has 0 saturated carbocycles. The predicted molar refractivity (Wildman–Crippen MR) is 76.1 cm³/mol. The number of nitrogens with two attached hydrogens (primary N) is 1. The lowest BCUT2D eigenvalue weighted by molar-refractivity contribution is -0.121. The van der Waals surface area contributed by atoms with Crippen molar-refractivity contribution in [1.82, 2.24) is 0 Å². The van der Waals surface area contributed by atoms with E-state index in [1.807, 2.05) is 26.8 Å². The number of amides is 1. The molecule has 1 aromatic rings. The Morgan fingerprint density at radius 1 is 1.37 bits per heavy atom. The number of nitrogen functional groups attached to an aromatic ring is 1. The summed E-state index contributed by atoms with van der Waals surface area (Å²) in [7, 11) is 0. The van der Waals surface area contributed by atoms with Crippen molar-refractivity contribution in [2.75, 3.05) is 30.9 Å². The number of anilines is 2. The molecule has 0 atom stereocenters. The SMILES string of the molecule is Cc1cc(N)ccc1NC(=O)COCCOC(C)C. The molecule has 0 unspecified atom stereocenters. The first-order chi connectivity index (χ1) is 8.99. The van der Waals surface area contributed by atoms with E-state index in [1.54, 1.807) is 12.1 Å². The molecule has 19 heavy (non-hydrogen) atoms. The molecule has 0 bridgehead atoms. The van der Waals surface area contributed by atoms with Crippen LogP contribution in [0.15, 0.2) is 18.2 Å². The zero-order valence-electron chi connectivity index (χ0n) is 11.7. The van der Waals surface area contributed by atoms with Gasteiger partial charge in [-0.1, -0.05) is 0 Å². The summed E-state index contributed by atoms with van der Waals surface area (Å²) >= 11 is 0. The van der Waals surface area contributed by atoms with Crippen molar-refractivity contribution >= 4 is 17.3 Å². The van der Waals surface area contributed by atoms with Crippen molar-refractivity contribution in [3.63, 3.8) is 0 Å². The van der Waals surface area contributed by atoms with E-state index in [1.165, 1.54) is 0 Å². The second kappa shape index (κ2) is 7.76. The number of carbonyl (C=O) groups is 1. The van der Waals surface area contributed by atoms with Gasteiger partial charge in [0.1, 0.15) is 6.61 Å². The molecule has 0 fully saturated rings. The Hall–Kier alpha value is -1.59. The van der Waals surface area contributed by atoms with Crippen molar-refractivity contribution in [2.24, 2.45) is 0 Å². The fourth-order valence-corrected chi connectivity index (χ4v) is 1.52. The van der Waals surface area contributed by atoms with Gasteiger partial charge in [-0.2, -0.15) is 0 Å². The van der Waals surface area contributed by atoms with Crippen molar-refractivity contribution in [1.29, 1.82) is 0 Å². The summed E-state index contributed by atoms with van der Waals surface area (Å²) in [5.41, 5.74) is 8.00. The highest BCUT2D eigenvalue weighted by Gasteiger charge is 2.05. The quantitative estimate of drug-likeness (QED) is 0.584. The minimum atomic E-state index is -0.183. The average molecular weight is 266 g/mol. The highest BCUT2D eigenvalue weighted by Crippen LogP contribution is 2.17. The third-order valence-corrected chi connectivity index (χ3v) is 2.44. The highest BCUT2D eigenvalue weighted by atomic mass is 16.5. The molecule has 0 aromatic heterocycles. The normalized spacial score (nSPS) is 10.7. The van der Waals surface area contributed by atoms with Crippen LogP contribution in [0, 0.1) is 6.92 Å². The summed E-state index contributed by atoms with van der Waals surface area (Å²) in [6.07, 6.45) is 0.176.